The predicted molar refractivity (Wildman–Crippen MR) is 150 cm³/mol. The van der Waals surface area contributed by atoms with Crippen LogP contribution in [0.25, 0.3) is 0 Å². The highest BCUT2D eigenvalue weighted by Gasteiger charge is 2.40. The van der Waals surface area contributed by atoms with Gasteiger partial charge in [0.05, 0.1) is 6.04 Å². The molecule has 6 heteroatoms. The lowest BCUT2D eigenvalue weighted by molar-refractivity contribution is 0.0973. The van der Waals surface area contributed by atoms with Crippen LogP contribution in [0.3, 0.4) is 0 Å². The summed E-state index contributed by atoms with van der Waals surface area (Å²) >= 11 is 0. The number of halogens is 3. The molecule has 0 saturated carbocycles. The molecule has 2 unspecified atom stereocenters. The molecule has 3 heterocycles. The maximum absolute atomic E-state index is 16.0. The molecule has 0 N–H and O–H groups in total. The van der Waals surface area contributed by atoms with E-state index in [1.807, 2.05) is 30.0 Å². The molecule has 2 aromatic rings. The van der Waals surface area contributed by atoms with Crippen molar-refractivity contribution in [3.05, 3.63) is 76.9 Å². The lowest BCUT2D eigenvalue weighted by Gasteiger charge is -2.40. The first-order valence-electron chi connectivity index (χ1n) is 14.2. The topological polar surface area (TPSA) is 9.72 Å². The van der Waals surface area contributed by atoms with Crippen molar-refractivity contribution in [3.8, 4) is 0 Å². The summed E-state index contributed by atoms with van der Waals surface area (Å²) in [4.78, 5) is 6.52. The van der Waals surface area contributed by atoms with Gasteiger partial charge in [-0.25, -0.2) is 13.2 Å². The van der Waals surface area contributed by atoms with Crippen LogP contribution in [0.1, 0.15) is 67.8 Å². The number of hydrogen-bond donors (Lipinski definition) is 0. The van der Waals surface area contributed by atoms with Crippen LogP contribution < -0.4 is 4.90 Å². The monoisotopic (exact) mass is 525 g/mol. The fraction of sp³-hybridized carbons (Fsp3) is 0.562. The predicted octanol–water partition coefficient (Wildman–Crippen LogP) is 6.84. The van der Waals surface area contributed by atoms with Gasteiger partial charge in [-0.05, 0) is 94.6 Å². The minimum Gasteiger partial charge on any atom is -0.371 e. The largest absolute Gasteiger partial charge is 0.371 e. The highest BCUT2D eigenvalue weighted by atomic mass is 19.1. The van der Waals surface area contributed by atoms with Crippen molar-refractivity contribution in [1.29, 1.82) is 0 Å². The van der Waals surface area contributed by atoms with Gasteiger partial charge >= 0.3 is 0 Å². The Morgan fingerprint density at radius 2 is 1.76 bits per heavy atom. The molecule has 2 saturated heterocycles. The molecule has 38 heavy (non-hydrogen) atoms. The minimum atomic E-state index is -1.48. The summed E-state index contributed by atoms with van der Waals surface area (Å²) in [6, 6.07) is 8.42. The molecule has 1 spiro atoms. The van der Waals surface area contributed by atoms with Gasteiger partial charge in [0.1, 0.15) is 17.3 Å². The van der Waals surface area contributed by atoms with Crippen LogP contribution in [-0.2, 0) is 6.42 Å². The second-order valence-electron chi connectivity index (χ2n) is 12.5. The summed E-state index contributed by atoms with van der Waals surface area (Å²) in [5, 5.41) is 0. The zero-order valence-corrected chi connectivity index (χ0v) is 23.2. The number of hydrogen-bond acceptors (Lipinski definition) is 3. The summed E-state index contributed by atoms with van der Waals surface area (Å²) in [6.07, 6.45) is 7.15. The van der Waals surface area contributed by atoms with E-state index in [1.54, 1.807) is 0 Å². The van der Waals surface area contributed by atoms with E-state index in [1.165, 1.54) is 26.0 Å². The van der Waals surface area contributed by atoms with E-state index in [-0.39, 0.29) is 17.5 Å². The SMILES string of the molecule is C=CCN1CCCC2(CC1)CCN(c1cc(F)c(C3c4ccc(C)cc4CCN3CC(C)(C)F)c(F)c1)C2. The Bertz CT molecular complexity index is 1150. The highest BCUT2D eigenvalue weighted by Crippen LogP contribution is 2.44. The van der Waals surface area contributed by atoms with Gasteiger partial charge in [-0.2, -0.15) is 0 Å². The molecule has 2 fully saturated rings. The molecule has 3 aliphatic heterocycles. The number of likely N-dealkylation sites (tertiary alicyclic amines) is 1. The van der Waals surface area contributed by atoms with Crippen molar-refractivity contribution in [2.75, 3.05) is 50.7 Å². The molecule has 206 valence electrons. The zero-order chi connectivity index (χ0) is 27.1. The molecule has 2 atom stereocenters. The first-order chi connectivity index (χ1) is 18.1. The lowest BCUT2D eigenvalue weighted by atomic mass is 9.80. The number of rotatable bonds is 6. The molecule has 0 radical (unpaired) electrons. The van der Waals surface area contributed by atoms with Gasteiger partial charge in [0.25, 0.3) is 0 Å². The fourth-order valence-electron chi connectivity index (χ4n) is 7.05. The minimum absolute atomic E-state index is 0.0336. The van der Waals surface area contributed by atoms with Crippen LogP contribution in [0.15, 0.2) is 43.0 Å². The fourth-order valence-corrected chi connectivity index (χ4v) is 7.05. The number of nitrogens with zero attached hydrogens (tertiary/aromatic N) is 3. The van der Waals surface area contributed by atoms with Crippen LogP contribution in [0.5, 0.6) is 0 Å². The van der Waals surface area contributed by atoms with E-state index in [4.69, 9.17) is 0 Å². The molecule has 3 nitrogen and oxygen atoms in total. The van der Waals surface area contributed by atoms with Crippen molar-refractivity contribution in [1.82, 2.24) is 9.80 Å². The molecular weight excluding hydrogens is 483 g/mol. The number of aryl methyl sites for hydroxylation is 1. The van der Waals surface area contributed by atoms with Gasteiger partial charge in [-0.15, -0.1) is 6.58 Å². The van der Waals surface area contributed by atoms with Gasteiger partial charge in [-0.3, -0.25) is 9.80 Å². The zero-order valence-electron chi connectivity index (χ0n) is 23.2. The van der Waals surface area contributed by atoms with Crippen molar-refractivity contribution in [2.24, 2.45) is 5.41 Å². The third kappa shape index (κ3) is 5.67. The molecule has 3 aliphatic rings. The summed E-state index contributed by atoms with van der Waals surface area (Å²) in [7, 11) is 0. The Morgan fingerprint density at radius 3 is 2.47 bits per heavy atom. The van der Waals surface area contributed by atoms with Crippen LogP contribution in [0.4, 0.5) is 18.9 Å². The first kappa shape index (κ1) is 27.3. The molecule has 0 aliphatic carbocycles. The van der Waals surface area contributed by atoms with Gasteiger partial charge in [0.15, 0.2) is 0 Å². The molecule has 2 aromatic carbocycles. The van der Waals surface area contributed by atoms with Gasteiger partial charge in [0, 0.05) is 44.0 Å². The highest BCUT2D eigenvalue weighted by molar-refractivity contribution is 5.53. The Balaban J connectivity index is 1.43. The molecular formula is C32H42F3N3. The summed E-state index contributed by atoms with van der Waals surface area (Å²) in [5.74, 6) is -1.09. The smallest absolute Gasteiger partial charge is 0.133 e. The molecule has 5 rings (SSSR count). The molecule has 0 aromatic heterocycles. The molecule has 0 bridgehead atoms. The summed E-state index contributed by atoms with van der Waals surface area (Å²) in [6.45, 7) is 14.3. The Labute approximate surface area is 226 Å². The van der Waals surface area contributed by atoms with Crippen LogP contribution >= 0.6 is 0 Å². The first-order valence-corrected chi connectivity index (χ1v) is 14.2. The second-order valence-corrected chi connectivity index (χ2v) is 12.5. The third-order valence-corrected chi connectivity index (χ3v) is 8.87. The normalized spacial score (nSPS) is 25.0. The van der Waals surface area contributed by atoms with Crippen molar-refractivity contribution < 1.29 is 13.2 Å². The number of benzene rings is 2. The maximum Gasteiger partial charge on any atom is 0.133 e. The van der Waals surface area contributed by atoms with E-state index in [9.17, 15) is 4.39 Å². The Kier molecular flexibility index (Phi) is 7.67. The Morgan fingerprint density at radius 1 is 1.03 bits per heavy atom. The average molecular weight is 526 g/mol. The second kappa shape index (κ2) is 10.7. The van der Waals surface area contributed by atoms with E-state index in [0.29, 0.717) is 12.2 Å². The van der Waals surface area contributed by atoms with Gasteiger partial charge < -0.3 is 4.90 Å². The summed E-state index contributed by atoms with van der Waals surface area (Å²) < 4.78 is 46.7. The van der Waals surface area contributed by atoms with Crippen LogP contribution in [-0.4, -0.2) is 61.3 Å². The van der Waals surface area contributed by atoms with Crippen LogP contribution in [0.2, 0.25) is 0 Å². The Hall–Kier alpha value is -2.31. The van der Waals surface area contributed by atoms with E-state index in [2.05, 4.69) is 22.4 Å². The standard InChI is InChI=1S/C32H42F3N3/c1-5-13-36-14-6-10-32(11-16-36)12-17-37(22-32)25-19-27(33)29(28(34)20-25)30-26-8-7-23(2)18-24(26)9-15-38(30)21-31(3,4)35/h5,7-8,18-20,30H,1,6,9-17,21-22H2,2-4H3. The van der Waals surface area contributed by atoms with Crippen molar-refractivity contribution in [2.45, 2.75) is 64.6 Å². The average Bonchev–Trinajstić information content (AvgIpc) is 3.16. The maximum atomic E-state index is 16.0. The van der Waals surface area contributed by atoms with E-state index in [0.717, 1.165) is 81.5 Å². The third-order valence-electron chi connectivity index (χ3n) is 8.87. The molecule has 0 amide bonds. The number of alkyl halides is 1. The number of fused-ring (bicyclic) bond motifs is 1. The van der Waals surface area contributed by atoms with Crippen molar-refractivity contribution >= 4 is 5.69 Å². The van der Waals surface area contributed by atoms with Gasteiger partial charge in [-0.1, -0.05) is 29.8 Å². The number of anilines is 1. The lowest BCUT2D eigenvalue weighted by Crippen LogP contribution is -2.43. The van der Waals surface area contributed by atoms with E-state index >= 15 is 8.78 Å². The quantitative estimate of drug-likeness (QED) is 0.383. The van der Waals surface area contributed by atoms with Gasteiger partial charge in [0.2, 0.25) is 0 Å². The summed E-state index contributed by atoms with van der Waals surface area (Å²) in [5.41, 5.74) is 2.46. The van der Waals surface area contributed by atoms with E-state index < -0.39 is 23.3 Å². The van der Waals surface area contributed by atoms with Crippen LogP contribution in [0, 0.1) is 24.0 Å². The van der Waals surface area contributed by atoms with Crippen molar-refractivity contribution in [3.63, 3.8) is 0 Å².